The van der Waals surface area contributed by atoms with E-state index in [9.17, 15) is 10.2 Å². The van der Waals surface area contributed by atoms with Gasteiger partial charge in [-0.3, -0.25) is 0 Å². The summed E-state index contributed by atoms with van der Waals surface area (Å²) in [4.78, 5) is 0. The third-order valence-corrected chi connectivity index (χ3v) is 5.12. The number of hydrogen-bond acceptors (Lipinski definition) is 2. The number of aromatic hydroxyl groups is 2. The number of benzene rings is 2. The minimum absolute atomic E-state index is 0.193. The highest BCUT2D eigenvalue weighted by Crippen LogP contribution is 2.58. The molecule has 2 atom stereocenters. The van der Waals surface area contributed by atoms with Crippen LogP contribution in [0.4, 0.5) is 0 Å². The molecule has 2 nitrogen and oxygen atoms in total. The summed E-state index contributed by atoms with van der Waals surface area (Å²) in [6.45, 7) is 4.27. The second kappa shape index (κ2) is 4.26. The molecule has 0 heterocycles. The molecule has 22 heavy (non-hydrogen) atoms. The predicted molar refractivity (Wildman–Crippen MR) is 88.9 cm³/mol. The van der Waals surface area contributed by atoms with Crippen LogP contribution >= 0.6 is 0 Å². The molecule has 1 spiro atoms. The largest absolute Gasteiger partial charge is 0.508 e. The van der Waals surface area contributed by atoms with Crippen molar-refractivity contribution in [3.8, 4) is 11.5 Å². The Labute approximate surface area is 129 Å². The van der Waals surface area contributed by atoms with Crippen molar-refractivity contribution < 1.29 is 10.2 Å². The molecule has 0 saturated heterocycles. The van der Waals surface area contributed by atoms with Gasteiger partial charge in [-0.05, 0) is 64.2 Å². The minimum Gasteiger partial charge on any atom is -0.508 e. The Kier molecular flexibility index (Phi) is 2.56. The van der Waals surface area contributed by atoms with Crippen molar-refractivity contribution in [2.75, 3.05) is 0 Å². The van der Waals surface area contributed by atoms with Crippen LogP contribution in [0.2, 0.25) is 0 Å². The number of allylic oxidation sites excluding steroid dienone is 2. The van der Waals surface area contributed by atoms with E-state index in [-0.39, 0.29) is 11.3 Å². The first-order valence-electron chi connectivity index (χ1n) is 7.60. The fraction of sp³-hybridized carbons (Fsp3) is 0.200. The average molecular weight is 290 g/mol. The van der Waals surface area contributed by atoms with Gasteiger partial charge in [0.05, 0.1) is 0 Å². The topological polar surface area (TPSA) is 40.5 Å². The lowest BCUT2D eigenvalue weighted by molar-refractivity contribution is 0.473. The van der Waals surface area contributed by atoms with Gasteiger partial charge in [0.25, 0.3) is 0 Å². The third-order valence-electron chi connectivity index (χ3n) is 5.12. The Morgan fingerprint density at radius 1 is 0.955 bits per heavy atom. The van der Waals surface area contributed by atoms with Crippen LogP contribution in [0.25, 0.3) is 17.7 Å². The van der Waals surface area contributed by atoms with Crippen molar-refractivity contribution in [2.45, 2.75) is 19.8 Å². The zero-order chi connectivity index (χ0) is 15.5. The van der Waals surface area contributed by atoms with Crippen LogP contribution in [0, 0.1) is 5.41 Å². The molecule has 0 amide bonds. The zero-order valence-electron chi connectivity index (χ0n) is 12.7. The molecule has 110 valence electrons. The normalized spacial score (nSPS) is 26.6. The lowest BCUT2D eigenvalue weighted by Crippen LogP contribution is -2.19. The third kappa shape index (κ3) is 1.55. The number of rotatable bonds is 0. The summed E-state index contributed by atoms with van der Waals surface area (Å²) < 4.78 is 0. The van der Waals surface area contributed by atoms with Crippen molar-refractivity contribution in [1.82, 2.24) is 0 Å². The van der Waals surface area contributed by atoms with Crippen molar-refractivity contribution in [1.29, 1.82) is 0 Å². The standard InChI is InChI=1S/C20H18O2/c1-3-19-17-7-6-16(22)9-18(17)12(2)20(19)10-13-4-5-15(21)8-14(13)11-20/h3-12,21-22H,1-2H3. The van der Waals surface area contributed by atoms with Gasteiger partial charge in [0.1, 0.15) is 11.5 Å². The van der Waals surface area contributed by atoms with Crippen molar-refractivity contribution in [2.24, 2.45) is 5.41 Å². The summed E-state index contributed by atoms with van der Waals surface area (Å²) in [7, 11) is 0. The molecule has 0 saturated carbocycles. The van der Waals surface area contributed by atoms with E-state index in [0.29, 0.717) is 11.5 Å². The van der Waals surface area contributed by atoms with E-state index in [1.165, 1.54) is 16.7 Å². The fourth-order valence-corrected chi connectivity index (χ4v) is 4.06. The molecule has 0 fully saturated rings. The van der Waals surface area contributed by atoms with Crippen LogP contribution < -0.4 is 10.4 Å². The number of phenols is 2. The van der Waals surface area contributed by atoms with Gasteiger partial charge >= 0.3 is 0 Å². The molecule has 2 aliphatic rings. The predicted octanol–water partition coefficient (Wildman–Crippen LogP) is 2.88. The van der Waals surface area contributed by atoms with Gasteiger partial charge in [0.2, 0.25) is 0 Å². The van der Waals surface area contributed by atoms with Gasteiger partial charge in [0, 0.05) is 5.41 Å². The summed E-state index contributed by atoms with van der Waals surface area (Å²) in [5.74, 6) is 0.852. The maximum Gasteiger partial charge on any atom is 0.116 e. The highest BCUT2D eigenvalue weighted by Gasteiger charge is 2.45. The SMILES string of the molecule is CC=C1c2ccc(O)cc2C(C)C12C=c1ccc(O)cc1=C2. The lowest BCUT2D eigenvalue weighted by Gasteiger charge is -2.27. The van der Waals surface area contributed by atoms with Crippen LogP contribution in [0.1, 0.15) is 30.9 Å². The molecule has 2 unspecified atom stereocenters. The maximum absolute atomic E-state index is 9.84. The van der Waals surface area contributed by atoms with E-state index in [1.54, 1.807) is 12.1 Å². The molecule has 0 radical (unpaired) electrons. The van der Waals surface area contributed by atoms with Crippen LogP contribution in [0.15, 0.2) is 42.5 Å². The van der Waals surface area contributed by atoms with E-state index in [2.05, 4.69) is 32.1 Å². The monoisotopic (exact) mass is 290 g/mol. The molecule has 0 aliphatic heterocycles. The highest BCUT2D eigenvalue weighted by molar-refractivity contribution is 5.92. The van der Waals surface area contributed by atoms with Crippen LogP contribution in [0.3, 0.4) is 0 Å². The van der Waals surface area contributed by atoms with Crippen LogP contribution in [-0.4, -0.2) is 10.2 Å². The maximum atomic E-state index is 9.84. The second-order valence-electron chi connectivity index (χ2n) is 6.23. The Bertz CT molecular complexity index is 937. The minimum atomic E-state index is -0.193. The summed E-state index contributed by atoms with van der Waals surface area (Å²) in [6, 6.07) is 11.2. The molecule has 2 heteroatoms. The van der Waals surface area contributed by atoms with Gasteiger partial charge in [-0.1, -0.05) is 37.3 Å². The Morgan fingerprint density at radius 2 is 1.64 bits per heavy atom. The number of hydrogen-bond donors (Lipinski definition) is 2. The Hall–Kier alpha value is -2.48. The van der Waals surface area contributed by atoms with Crippen molar-refractivity contribution in [3.63, 3.8) is 0 Å². The molecule has 2 aromatic carbocycles. The van der Waals surface area contributed by atoms with E-state index in [0.717, 1.165) is 10.4 Å². The van der Waals surface area contributed by atoms with E-state index in [1.807, 2.05) is 24.3 Å². The van der Waals surface area contributed by atoms with Crippen molar-refractivity contribution >= 4 is 17.7 Å². The quantitative estimate of drug-likeness (QED) is 0.783. The molecule has 0 aromatic heterocycles. The molecule has 2 N–H and O–H groups in total. The first kappa shape index (κ1) is 13.2. The lowest BCUT2D eigenvalue weighted by atomic mass is 9.75. The van der Waals surface area contributed by atoms with E-state index >= 15 is 0 Å². The number of fused-ring (bicyclic) bond motifs is 2. The van der Waals surface area contributed by atoms with Gasteiger partial charge in [-0.25, -0.2) is 0 Å². The molecule has 0 bridgehead atoms. The molecule has 4 rings (SSSR count). The van der Waals surface area contributed by atoms with Crippen LogP contribution in [-0.2, 0) is 0 Å². The van der Waals surface area contributed by atoms with E-state index < -0.39 is 0 Å². The summed E-state index contributed by atoms with van der Waals surface area (Å²) in [6.07, 6.45) is 6.70. The summed E-state index contributed by atoms with van der Waals surface area (Å²) in [5.41, 5.74) is 3.46. The highest BCUT2D eigenvalue weighted by atomic mass is 16.3. The smallest absolute Gasteiger partial charge is 0.116 e. The summed E-state index contributed by atoms with van der Waals surface area (Å²) >= 11 is 0. The molecular formula is C20H18O2. The van der Waals surface area contributed by atoms with Gasteiger partial charge in [0.15, 0.2) is 0 Å². The van der Waals surface area contributed by atoms with E-state index in [4.69, 9.17) is 0 Å². The summed E-state index contributed by atoms with van der Waals surface area (Å²) in [5, 5.41) is 21.8. The Morgan fingerprint density at radius 3 is 2.41 bits per heavy atom. The average Bonchev–Trinajstić information content (AvgIpc) is 2.96. The van der Waals surface area contributed by atoms with Gasteiger partial charge in [-0.2, -0.15) is 0 Å². The Balaban J connectivity index is 2.02. The fourth-order valence-electron chi connectivity index (χ4n) is 4.06. The second-order valence-corrected chi connectivity index (χ2v) is 6.23. The first-order chi connectivity index (χ1) is 10.5. The zero-order valence-corrected chi connectivity index (χ0v) is 12.7. The van der Waals surface area contributed by atoms with Crippen LogP contribution in [0.5, 0.6) is 11.5 Å². The first-order valence-corrected chi connectivity index (χ1v) is 7.60. The molecule has 2 aromatic rings. The molecular weight excluding hydrogens is 272 g/mol. The van der Waals surface area contributed by atoms with Gasteiger partial charge < -0.3 is 10.2 Å². The number of phenolic OH excluding ortho intramolecular Hbond substituents is 2. The molecule has 2 aliphatic carbocycles. The van der Waals surface area contributed by atoms with Gasteiger partial charge in [-0.15, -0.1) is 0 Å². The van der Waals surface area contributed by atoms with Crippen molar-refractivity contribution in [3.05, 3.63) is 64.0 Å².